The van der Waals surface area contributed by atoms with Crippen molar-refractivity contribution in [2.45, 2.75) is 57.5 Å². The van der Waals surface area contributed by atoms with Crippen molar-refractivity contribution in [3.63, 3.8) is 0 Å². The normalized spacial score (nSPS) is 11.8. The molecule has 0 aliphatic heterocycles. The molecule has 37 heavy (non-hydrogen) atoms. The summed E-state index contributed by atoms with van der Waals surface area (Å²) in [5.41, 5.74) is 7.48. The molecule has 2 aromatic carbocycles. The van der Waals surface area contributed by atoms with Gasteiger partial charge in [-0.25, -0.2) is 4.98 Å². The van der Waals surface area contributed by atoms with Crippen LogP contribution >= 0.6 is 78.2 Å². The summed E-state index contributed by atoms with van der Waals surface area (Å²) >= 11 is 22.1. The zero-order chi connectivity index (χ0) is 27.4. The Kier molecular flexibility index (Phi) is 15.2. The van der Waals surface area contributed by atoms with Gasteiger partial charge in [0.25, 0.3) is 0 Å². The number of benzene rings is 2. The fourth-order valence-electron chi connectivity index (χ4n) is 3.28. The fourth-order valence-corrected chi connectivity index (χ4v) is 6.73. The van der Waals surface area contributed by atoms with Gasteiger partial charge in [-0.1, -0.05) is 56.3 Å². The highest BCUT2D eigenvalue weighted by atomic mass is 79.9. The molecule has 1 heterocycles. The molecule has 0 saturated heterocycles. The lowest BCUT2D eigenvalue weighted by Crippen LogP contribution is -2.14. The number of anilines is 1. The number of halogens is 4. The van der Waals surface area contributed by atoms with Gasteiger partial charge in [-0.15, -0.1) is 23.1 Å². The van der Waals surface area contributed by atoms with Crippen molar-refractivity contribution in [1.82, 2.24) is 4.98 Å². The SMILES string of the molecule is CCCCC(CC)COC(=O)CCSc1c(N)ccc(Br)c1Cl.COCc1nc2ccc(Br)c(Cl)c2s1. The van der Waals surface area contributed by atoms with Gasteiger partial charge in [0.15, 0.2) is 0 Å². The van der Waals surface area contributed by atoms with Crippen molar-refractivity contribution in [2.24, 2.45) is 5.92 Å². The molecule has 0 aliphatic rings. The highest BCUT2D eigenvalue weighted by molar-refractivity contribution is 9.10. The van der Waals surface area contributed by atoms with Crippen molar-refractivity contribution in [1.29, 1.82) is 0 Å². The number of ether oxygens (including phenoxy) is 2. The Bertz CT molecular complexity index is 1160. The standard InChI is InChI=1S/C17H25BrClNO2S.C9H7BrClNOS/c1-3-5-6-12(4-2)11-22-15(21)9-10-23-17-14(20)8-7-13(18)16(17)19;1-13-4-7-12-6-3-2-5(10)8(11)9(6)14-7/h7-8,12H,3-6,9-11,20H2,1-2H3;2-3H,4H2,1H3. The first-order valence-corrected chi connectivity index (χ1v) is 16.1. The molecule has 0 fully saturated rings. The first kappa shape index (κ1) is 32.7. The minimum atomic E-state index is -0.155. The average molecular weight is 715 g/mol. The second-order valence-electron chi connectivity index (χ2n) is 8.23. The minimum Gasteiger partial charge on any atom is -0.465 e. The zero-order valence-electron chi connectivity index (χ0n) is 21.1. The van der Waals surface area contributed by atoms with Crippen LogP contribution < -0.4 is 5.73 Å². The summed E-state index contributed by atoms with van der Waals surface area (Å²) in [6.45, 7) is 5.38. The number of hydrogen-bond acceptors (Lipinski definition) is 7. The van der Waals surface area contributed by atoms with Crippen LogP contribution in [0, 0.1) is 5.92 Å². The Balaban J connectivity index is 0.000000291. The maximum atomic E-state index is 11.9. The number of hydrogen-bond donors (Lipinski definition) is 1. The smallest absolute Gasteiger partial charge is 0.306 e. The summed E-state index contributed by atoms with van der Waals surface area (Å²) in [6.07, 6.45) is 4.89. The number of nitrogens with two attached hydrogens (primary N) is 1. The van der Waals surface area contributed by atoms with Crippen LogP contribution in [0.25, 0.3) is 10.2 Å². The lowest BCUT2D eigenvalue weighted by Gasteiger charge is -2.14. The second kappa shape index (κ2) is 17.2. The van der Waals surface area contributed by atoms with E-state index in [1.807, 2.05) is 18.2 Å². The molecule has 0 saturated carbocycles. The zero-order valence-corrected chi connectivity index (χ0v) is 27.4. The molecule has 3 aromatic rings. The van der Waals surface area contributed by atoms with Crippen molar-refractivity contribution in [3.05, 3.63) is 48.3 Å². The van der Waals surface area contributed by atoms with Crippen LogP contribution in [0.2, 0.25) is 10.0 Å². The number of esters is 1. The maximum absolute atomic E-state index is 11.9. The van der Waals surface area contributed by atoms with E-state index in [0.717, 1.165) is 46.9 Å². The highest BCUT2D eigenvalue weighted by Crippen LogP contribution is 2.38. The molecule has 204 valence electrons. The molecule has 0 spiro atoms. The third-order valence-corrected chi connectivity index (χ3v) is 10.4. The number of fused-ring (bicyclic) bond motifs is 1. The molecule has 3 rings (SSSR count). The van der Waals surface area contributed by atoms with Crippen molar-refractivity contribution in [2.75, 3.05) is 25.2 Å². The van der Waals surface area contributed by atoms with Crippen molar-refractivity contribution < 1.29 is 14.3 Å². The van der Waals surface area contributed by atoms with Gasteiger partial charge in [0, 0.05) is 27.5 Å². The summed E-state index contributed by atoms with van der Waals surface area (Å²) in [5.74, 6) is 0.921. The Morgan fingerprint density at radius 3 is 2.54 bits per heavy atom. The molecule has 0 radical (unpaired) electrons. The molecule has 0 aliphatic carbocycles. The van der Waals surface area contributed by atoms with E-state index < -0.39 is 0 Å². The minimum absolute atomic E-state index is 0.155. The van der Waals surface area contributed by atoms with Gasteiger partial charge in [-0.05, 0) is 68.5 Å². The van der Waals surface area contributed by atoms with Crippen molar-refractivity contribution in [3.8, 4) is 0 Å². The van der Waals surface area contributed by atoms with E-state index in [0.29, 0.717) is 42.0 Å². The molecule has 11 heteroatoms. The van der Waals surface area contributed by atoms with E-state index in [4.69, 9.17) is 38.4 Å². The summed E-state index contributed by atoms with van der Waals surface area (Å²) < 4.78 is 13.1. The summed E-state index contributed by atoms with van der Waals surface area (Å²) in [4.78, 5) is 17.1. The van der Waals surface area contributed by atoms with Crippen LogP contribution in [-0.2, 0) is 20.9 Å². The molecule has 1 aromatic heterocycles. The molecule has 0 amide bonds. The summed E-state index contributed by atoms with van der Waals surface area (Å²) in [5, 5.41) is 2.26. The summed E-state index contributed by atoms with van der Waals surface area (Å²) in [7, 11) is 1.66. The lowest BCUT2D eigenvalue weighted by molar-refractivity contribution is -0.144. The van der Waals surface area contributed by atoms with E-state index in [9.17, 15) is 4.79 Å². The third kappa shape index (κ3) is 10.5. The number of unbranched alkanes of at least 4 members (excludes halogenated alkanes) is 1. The Morgan fingerprint density at radius 1 is 1.16 bits per heavy atom. The topological polar surface area (TPSA) is 74.4 Å². The van der Waals surface area contributed by atoms with Gasteiger partial charge < -0.3 is 15.2 Å². The Labute approximate surface area is 254 Å². The van der Waals surface area contributed by atoms with Crippen LogP contribution in [0.5, 0.6) is 0 Å². The fraction of sp³-hybridized carbons (Fsp3) is 0.462. The van der Waals surface area contributed by atoms with Crippen LogP contribution in [0.15, 0.2) is 38.1 Å². The number of carbonyl (C=O) groups excluding carboxylic acids is 1. The van der Waals surface area contributed by atoms with Gasteiger partial charge >= 0.3 is 5.97 Å². The van der Waals surface area contributed by atoms with Gasteiger partial charge in [0.2, 0.25) is 0 Å². The van der Waals surface area contributed by atoms with Crippen LogP contribution in [-0.4, -0.2) is 30.4 Å². The number of thiazole rings is 1. The number of aromatic nitrogens is 1. The Hall–Kier alpha value is -0.550. The largest absolute Gasteiger partial charge is 0.465 e. The number of rotatable bonds is 12. The first-order chi connectivity index (χ1) is 17.7. The van der Waals surface area contributed by atoms with Crippen LogP contribution in [0.1, 0.15) is 51.0 Å². The summed E-state index contributed by atoms with van der Waals surface area (Å²) in [6, 6.07) is 7.47. The van der Waals surface area contributed by atoms with Gasteiger partial charge in [-0.3, -0.25) is 4.79 Å². The number of nitrogens with zero attached hydrogens (tertiary/aromatic N) is 1. The lowest BCUT2D eigenvalue weighted by atomic mass is 10.0. The van der Waals surface area contributed by atoms with E-state index in [2.05, 4.69) is 50.7 Å². The number of thioether (sulfide) groups is 1. The second-order valence-corrected chi connectivity index (χ2v) is 12.9. The molecule has 5 nitrogen and oxygen atoms in total. The van der Waals surface area contributed by atoms with Crippen molar-refractivity contribution >= 4 is 100 Å². The van der Waals surface area contributed by atoms with Crippen LogP contribution in [0.3, 0.4) is 0 Å². The Morgan fingerprint density at radius 2 is 1.86 bits per heavy atom. The highest BCUT2D eigenvalue weighted by Gasteiger charge is 2.13. The molecule has 2 N–H and O–H groups in total. The number of nitrogen functional groups attached to an aromatic ring is 1. The maximum Gasteiger partial charge on any atom is 0.306 e. The predicted molar refractivity (Wildman–Crippen MR) is 166 cm³/mol. The van der Waals surface area contributed by atoms with Gasteiger partial charge in [-0.2, -0.15) is 0 Å². The predicted octanol–water partition coefficient (Wildman–Crippen LogP) is 9.79. The monoisotopic (exact) mass is 712 g/mol. The van der Waals surface area contributed by atoms with Gasteiger partial charge in [0.1, 0.15) is 5.01 Å². The molecule has 1 unspecified atom stereocenters. The number of carbonyl (C=O) groups is 1. The molecular formula is C26H32Br2Cl2N2O3S2. The number of methoxy groups -OCH3 is 1. The van der Waals surface area contributed by atoms with Crippen LogP contribution in [0.4, 0.5) is 5.69 Å². The molecule has 1 atom stereocenters. The van der Waals surface area contributed by atoms with E-state index in [1.165, 1.54) is 24.6 Å². The van der Waals surface area contributed by atoms with E-state index in [-0.39, 0.29) is 5.97 Å². The quantitative estimate of drug-likeness (QED) is 0.114. The van der Waals surface area contributed by atoms with E-state index >= 15 is 0 Å². The average Bonchev–Trinajstić information content (AvgIpc) is 3.30. The molecular weight excluding hydrogens is 683 g/mol. The van der Waals surface area contributed by atoms with E-state index in [1.54, 1.807) is 24.5 Å². The third-order valence-electron chi connectivity index (χ3n) is 5.42. The molecule has 0 bridgehead atoms. The van der Waals surface area contributed by atoms with Gasteiger partial charge in [0.05, 0.1) is 44.8 Å². The first-order valence-electron chi connectivity index (χ1n) is 12.0.